The van der Waals surface area contributed by atoms with E-state index in [1.54, 1.807) is 0 Å². The first kappa shape index (κ1) is 11.5. The molecule has 0 amide bonds. The number of hydrogen-bond acceptors (Lipinski definition) is 0. The van der Waals surface area contributed by atoms with Crippen molar-refractivity contribution in [2.45, 2.75) is 31.4 Å². The SMILES string of the molecule is FC(F)CC(F)C(F)C(F)(F)F. The summed E-state index contributed by atoms with van der Waals surface area (Å²) < 4.78 is 80.2. The van der Waals surface area contributed by atoms with Crippen LogP contribution in [0.4, 0.5) is 30.7 Å². The Bertz CT molecular complexity index is 128. The van der Waals surface area contributed by atoms with E-state index in [2.05, 4.69) is 0 Å². The first-order valence-electron chi connectivity index (χ1n) is 2.88. The third-order valence-corrected chi connectivity index (χ3v) is 1.03. The molecule has 0 saturated heterocycles. The number of halogens is 7. The Morgan fingerprint density at radius 3 is 1.58 bits per heavy atom. The zero-order valence-electron chi connectivity index (χ0n) is 5.58. The highest BCUT2D eigenvalue weighted by atomic mass is 19.4. The third-order valence-electron chi connectivity index (χ3n) is 1.03. The van der Waals surface area contributed by atoms with E-state index in [-0.39, 0.29) is 0 Å². The van der Waals surface area contributed by atoms with Crippen LogP contribution in [0.25, 0.3) is 0 Å². The van der Waals surface area contributed by atoms with Gasteiger partial charge in [-0.15, -0.1) is 0 Å². The summed E-state index contributed by atoms with van der Waals surface area (Å²) in [6, 6.07) is 0. The zero-order valence-corrected chi connectivity index (χ0v) is 5.58. The fourth-order valence-corrected chi connectivity index (χ4v) is 0.495. The summed E-state index contributed by atoms with van der Waals surface area (Å²) >= 11 is 0. The van der Waals surface area contributed by atoms with Gasteiger partial charge < -0.3 is 0 Å². The normalized spacial score (nSPS) is 18.0. The van der Waals surface area contributed by atoms with Gasteiger partial charge in [-0.3, -0.25) is 0 Å². The first-order chi connectivity index (χ1) is 5.25. The quantitative estimate of drug-likeness (QED) is 0.611. The Kier molecular flexibility index (Phi) is 3.79. The molecule has 74 valence electrons. The highest BCUT2D eigenvalue weighted by Crippen LogP contribution is 2.29. The van der Waals surface area contributed by atoms with Gasteiger partial charge in [0.15, 0.2) is 0 Å². The summed E-state index contributed by atoms with van der Waals surface area (Å²) in [4.78, 5) is 0. The fourth-order valence-electron chi connectivity index (χ4n) is 0.495. The van der Waals surface area contributed by atoms with Crippen LogP contribution in [0, 0.1) is 0 Å². The molecule has 0 fully saturated rings. The van der Waals surface area contributed by atoms with Crippen LogP contribution in [0.1, 0.15) is 6.42 Å². The molecular formula is C5H5F7. The van der Waals surface area contributed by atoms with Crippen molar-refractivity contribution < 1.29 is 30.7 Å². The molecule has 0 aliphatic rings. The smallest absolute Gasteiger partial charge is 0.244 e. The highest BCUT2D eigenvalue weighted by Gasteiger charge is 2.46. The van der Waals surface area contributed by atoms with Crippen molar-refractivity contribution in [2.75, 3.05) is 0 Å². The summed E-state index contributed by atoms with van der Waals surface area (Å²) in [5.74, 6) is 0. The molecule has 0 aliphatic carbocycles. The topological polar surface area (TPSA) is 0 Å². The van der Waals surface area contributed by atoms with E-state index in [1.165, 1.54) is 0 Å². The minimum Gasteiger partial charge on any atom is -0.244 e. The molecule has 0 rings (SSSR count). The molecule has 0 aromatic carbocycles. The molecule has 0 aromatic heterocycles. The van der Waals surface area contributed by atoms with E-state index in [0.29, 0.717) is 0 Å². The number of rotatable bonds is 3. The summed E-state index contributed by atoms with van der Waals surface area (Å²) in [5, 5.41) is 0. The molecule has 0 bridgehead atoms. The van der Waals surface area contributed by atoms with Crippen LogP contribution in [0.2, 0.25) is 0 Å². The van der Waals surface area contributed by atoms with Gasteiger partial charge in [0, 0.05) is 6.42 Å². The lowest BCUT2D eigenvalue weighted by Gasteiger charge is -2.15. The minimum atomic E-state index is -5.41. The van der Waals surface area contributed by atoms with Crippen molar-refractivity contribution in [2.24, 2.45) is 0 Å². The van der Waals surface area contributed by atoms with E-state index in [4.69, 9.17) is 0 Å². The first-order valence-corrected chi connectivity index (χ1v) is 2.88. The van der Waals surface area contributed by atoms with Gasteiger partial charge in [-0.2, -0.15) is 13.2 Å². The fraction of sp³-hybridized carbons (Fsp3) is 1.00. The van der Waals surface area contributed by atoms with Crippen molar-refractivity contribution >= 4 is 0 Å². The molecule has 0 spiro atoms. The minimum absolute atomic E-state index is 1.74. The second kappa shape index (κ2) is 3.95. The lowest BCUT2D eigenvalue weighted by atomic mass is 10.2. The summed E-state index contributed by atoms with van der Waals surface area (Å²) in [6.45, 7) is 0. The summed E-state index contributed by atoms with van der Waals surface area (Å²) in [5.41, 5.74) is 0. The molecular weight excluding hydrogens is 193 g/mol. The summed E-state index contributed by atoms with van der Waals surface area (Å²) in [6.07, 6.45) is -17.4. The molecule has 0 nitrogen and oxygen atoms in total. The average Bonchev–Trinajstić information content (AvgIpc) is 1.82. The maximum absolute atomic E-state index is 12.0. The average molecular weight is 198 g/mol. The molecule has 0 aromatic rings. The zero-order chi connectivity index (χ0) is 9.94. The van der Waals surface area contributed by atoms with Crippen LogP contribution in [0.5, 0.6) is 0 Å². The van der Waals surface area contributed by atoms with E-state index in [9.17, 15) is 30.7 Å². The third kappa shape index (κ3) is 3.77. The molecule has 0 aliphatic heterocycles. The van der Waals surface area contributed by atoms with Crippen molar-refractivity contribution in [3.8, 4) is 0 Å². The van der Waals surface area contributed by atoms with Gasteiger partial charge >= 0.3 is 6.18 Å². The van der Waals surface area contributed by atoms with Crippen LogP contribution in [0.3, 0.4) is 0 Å². The van der Waals surface area contributed by atoms with Gasteiger partial charge in [-0.05, 0) is 0 Å². The van der Waals surface area contributed by atoms with Gasteiger partial charge in [0.1, 0.15) is 6.17 Å². The highest BCUT2D eigenvalue weighted by molar-refractivity contribution is 4.75. The van der Waals surface area contributed by atoms with Gasteiger partial charge in [0.2, 0.25) is 12.6 Å². The molecule has 0 heterocycles. The Labute approximate surface area is 63.4 Å². The van der Waals surface area contributed by atoms with Crippen molar-refractivity contribution in [3.05, 3.63) is 0 Å². The molecule has 0 saturated carbocycles. The van der Waals surface area contributed by atoms with Crippen LogP contribution in [0.15, 0.2) is 0 Å². The van der Waals surface area contributed by atoms with Crippen molar-refractivity contribution in [1.29, 1.82) is 0 Å². The molecule has 7 heteroatoms. The molecule has 0 N–H and O–H groups in total. The lowest BCUT2D eigenvalue weighted by Crippen LogP contribution is -2.34. The molecule has 2 unspecified atom stereocenters. The second-order valence-corrected chi connectivity index (χ2v) is 2.09. The molecule has 0 radical (unpaired) electrons. The Morgan fingerprint density at radius 2 is 1.33 bits per heavy atom. The standard InChI is InChI=1S/C5H5F7/c6-2(1-3(7)8)4(9)5(10,11)12/h2-4H,1H2. The molecule has 12 heavy (non-hydrogen) atoms. The van der Waals surface area contributed by atoms with Crippen LogP contribution in [-0.4, -0.2) is 24.9 Å². The van der Waals surface area contributed by atoms with E-state index >= 15 is 0 Å². The van der Waals surface area contributed by atoms with Gasteiger partial charge in [-0.25, -0.2) is 17.6 Å². The number of hydrogen-bond donors (Lipinski definition) is 0. The Hall–Kier alpha value is -0.490. The Morgan fingerprint density at radius 1 is 0.917 bits per heavy atom. The van der Waals surface area contributed by atoms with Crippen molar-refractivity contribution in [1.82, 2.24) is 0 Å². The van der Waals surface area contributed by atoms with Gasteiger partial charge in [0.25, 0.3) is 0 Å². The summed E-state index contributed by atoms with van der Waals surface area (Å²) in [7, 11) is 0. The maximum Gasteiger partial charge on any atom is 0.422 e. The number of alkyl halides is 7. The van der Waals surface area contributed by atoms with Gasteiger partial charge in [-0.1, -0.05) is 0 Å². The predicted molar refractivity (Wildman–Crippen MR) is 26.5 cm³/mol. The monoisotopic (exact) mass is 198 g/mol. The van der Waals surface area contributed by atoms with E-state index in [1.807, 2.05) is 0 Å². The van der Waals surface area contributed by atoms with Crippen LogP contribution < -0.4 is 0 Å². The second-order valence-electron chi connectivity index (χ2n) is 2.09. The van der Waals surface area contributed by atoms with Crippen LogP contribution >= 0.6 is 0 Å². The predicted octanol–water partition coefficient (Wildman–Crippen LogP) is 2.88. The van der Waals surface area contributed by atoms with Crippen LogP contribution in [-0.2, 0) is 0 Å². The van der Waals surface area contributed by atoms with Gasteiger partial charge in [0.05, 0.1) is 0 Å². The van der Waals surface area contributed by atoms with Crippen molar-refractivity contribution in [3.63, 3.8) is 0 Å². The maximum atomic E-state index is 12.0. The van der Waals surface area contributed by atoms with E-state index < -0.39 is 31.4 Å². The largest absolute Gasteiger partial charge is 0.422 e. The Balaban J connectivity index is 4.01. The molecule has 2 atom stereocenters. The lowest BCUT2D eigenvalue weighted by molar-refractivity contribution is -0.199. The van der Waals surface area contributed by atoms with E-state index in [0.717, 1.165) is 0 Å².